The van der Waals surface area contributed by atoms with Gasteiger partial charge in [-0.25, -0.2) is 8.42 Å². The summed E-state index contributed by atoms with van der Waals surface area (Å²) in [5.41, 5.74) is 2.33. The molecule has 24 heavy (non-hydrogen) atoms. The first-order chi connectivity index (χ1) is 11.6. The van der Waals surface area contributed by atoms with Crippen LogP contribution < -0.4 is 4.74 Å². The molecular formula is C16H14N2O4S2. The van der Waals surface area contributed by atoms with E-state index in [0.717, 1.165) is 22.9 Å². The predicted octanol–water partition coefficient (Wildman–Crippen LogP) is 2.85. The fourth-order valence-corrected chi connectivity index (χ4v) is 4.29. The Morgan fingerprint density at radius 3 is 2.54 bits per heavy atom. The maximum absolute atomic E-state index is 11.4. The third-order valence-corrected chi connectivity index (χ3v) is 5.73. The second-order valence-electron chi connectivity index (χ2n) is 4.82. The molecule has 0 atom stereocenters. The lowest BCUT2D eigenvalue weighted by Crippen LogP contribution is -2.06. The third-order valence-electron chi connectivity index (χ3n) is 3.09. The SMILES string of the molecule is CON=C(c1ccccc1)c1cccc(OC2=NS(=O)(=O)CS2)c1. The fourth-order valence-electron chi connectivity index (χ4n) is 2.11. The van der Waals surface area contributed by atoms with Crippen molar-refractivity contribution in [3.8, 4) is 5.75 Å². The average molecular weight is 362 g/mol. The highest BCUT2D eigenvalue weighted by Crippen LogP contribution is 2.24. The number of thioether (sulfide) groups is 1. The molecule has 0 N–H and O–H groups in total. The van der Waals surface area contributed by atoms with Crippen molar-refractivity contribution in [2.75, 3.05) is 12.2 Å². The van der Waals surface area contributed by atoms with Gasteiger partial charge < -0.3 is 9.57 Å². The molecule has 2 aromatic rings. The van der Waals surface area contributed by atoms with Crippen molar-refractivity contribution >= 4 is 32.7 Å². The minimum absolute atomic E-state index is 0.0948. The average Bonchev–Trinajstić information content (AvgIpc) is 2.92. The first kappa shape index (κ1) is 16.5. The minimum Gasteiger partial charge on any atom is -0.433 e. The Morgan fingerprint density at radius 2 is 1.88 bits per heavy atom. The highest BCUT2D eigenvalue weighted by molar-refractivity contribution is 8.24. The first-order valence-corrected chi connectivity index (χ1v) is 9.57. The molecule has 8 heteroatoms. The largest absolute Gasteiger partial charge is 0.433 e. The van der Waals surface area contributed by atoms with Gasteiger partial charge in [-0.05, 0) is 23.9 Å². The van der Waals surface area contributed by atoms with Gasteiger partial charge in [0.05, 0.1) is 0 Å². The number of sulfonamides is 1. The number of hydrogen-bond acceptors (Lipinski definition) is 6. The summed E-state index contributed by atoms with van der Waals surface area (Å²) in [4.78, 5) is 4.95. The fraction of sp³-hybridized carbons (Fsp3) is 0.125. The molecule has 0 bridgehead atoms. The molecule has 124 valence electrons. The molecule has 0 aliphatic carbocycles. The number of nitrogens with zero attached hydrogens (tertiary/aromatic N) is 2. The molecule has 1 heterocycles. The van der Waals surface area contributed by atoms with E-state index in [1.54, 1.807) is 18.2 Å². The molecule has 1 aliphatic rings. The van der Waals surface area contributed by atoms with E-state index in [-0.39, 0.29) is 10.3 Å². The smallest absolute Gasteiger partial charge is 0.268 e. The topological polar surface area (TPSA) is 77.3 Å². The van der Waals surface area contributed by atoms with Gasteiger partial charge in [-0.2, -0.15) is 0 Å². The second kappa shape index (κ2) is 7.06. The Kier molecular flexibility index (Phi) is 4.86. The number of hydrogen-bond donors (Lipinski definition) is 0. The van der Waals surface area contributed by atoms with E-state index in [0.29, 0.717) is 11.5 Å². The number of rotatable bonds is 4. The third kappa shape index (κ3) is 3.95. The summed E-state index contributed by atoms with van der Waals surface area (Å²) in [5.74, 6) is 0.482. The van der Waals surface area contributed by atoms with Gasteiger partial charge in [0.2, 0.25) is 0 Å². The van der Waals surface area contributed by atoms with Crippen LogP contribution in [-0.2, 0) is 14.9 Å². The Bertz CT molecular complexity index is 893. The van der Waals surface area contributed by atoms with Crippen molar-refractivity contribution in [1.82, 2.24) is 0 Å². The molecule has 0 radical (unpaired) electrons. The summed E-state index contributed by atoms with van der Waals surface area (Å²) in [6, 6.07) is 16.8. The molecule has 0 unspecified atom stereocenters. The van der Waals surface area contributed by atoms with Crippen LogP contribution in [0.15, 0.2) is 64.2 Å². The Labute approximate surface area is 144 Å². The van der Waals surface area contributed by atoms with E-state index in [2.05, 4.69) is 9.55 Å². The summed E-state index contributed by atoms with van der Waals surface area (Å²) in [5, 5.41) is 4.12. The van der Waals surface area contributed by atoms with Crippen molar-refractivity contribution in [1.29, 1.82) is 0 Å². The molecule has 0 saturated heterocycles. The second-order valence-corrected chi connectivity index (χ2v) is 7.75. The maximum Gasteiger partial charge on any atom is 0.268 e. The van der Waals surface area contributed by atoms with E-state index in [4.69, 9.17) is 9.57 Å². The van der Waals surface area contributed by atoms with Crippen molar-refractivity contribution in [2.45, 2.75) is 0 Å². The Morgan fingerprint density at radius 1 is 1.12 bits per heavy atom. The van der Waals surface area contributed by atoms with Gasteiger partial charge in [-0.1, -0.05) is 47.6 Å². The van der Waals surface area contributed by atoms with Crippen molar-refractivity contribution in [2.24, 2.45) is 9.55 Å². The molecule has 0 fully saturated rings. The van der Waals surface area contributed by atoms with Crippen LogP contribution >= 0.6 is 11.8 Å². The summed E-state index contributed by atoms with van der Waals surface area (Å²) < 4.78 is 31.8. The van der Waals surface area contributed by atoms with Crippen LogP contribution in [-0.4, -0.2) is 31.6 Å². The number of ether oxygens (including phenoxy) is 1. The highest BCUT2D eigenvalue weighted by Gasteiger charge is 2.23. The quantitative estimate of drug-likeness (QED) is 0.617. The lowest BCUT2D eigenvalue weighted by molar-refractivity contribution is 0.214. The standard InChI is InChI=1S/C16H14N2O4S2/c1-21-17-15(12-6-3-2-4-7-12)13-8-5-9-14(10-13)22-16-18-24(19,20)11-23-16/h2-10H,11H2,1H3. The number of benzene rings is 2. The predicted molar refractivity (Wildman–Crippen MR) is 95.0 cm³/mol. The van der Waals surface area contributed by atoms with Crippen LogP contribution in [0.5, 0.6) is 5.75 Å². The first-order valence-electron chi connectivity index (χ1n) is 6.98. The summed E-state index contributed by atoms with van der Waals surface area (Å²) >= 11 is 1.05. The molecule has 2 aromatic carbocycles. The minimum atomic E-state index is -3.41. The van der Waals surface area contributed by atoms with Gasteiger partial charge >= 0.3 is 0 Å². The Balaban J connectivity index is 1.91. The molecule has 0 aromatic heterocycles. The zero-order chi connectivity index (χ0) is 17.0. The maximum atomic E-state index is 11.4. The van der Waals surface area contributed by atoms with Crippen molar-refractivity contribution in [3.63, 3.8) is 0 Å². The molecule has 6 nitrogen and oxygen atoms in total. The van der Waals surface area contributed by atoms with Gasteiger partial charge in [0.15, 0.2) is 0 Å². The zero-order valence-corrected chi connectivity index (χ0v) is 14.4. The monoisotopic (exact) mass is 362 g/mol. The summed E-state index contributed by atoms with van der Waals surface area (Å²) in [7, 11) is -1.93. The van der Waals surface area contributed by atoms with E-state index in [1.807, 2.05) is 36.4 Å². The molecule has 0 saturated carbocycles. The van der Waals surface area contributed by atoms with Crippen LogP contribution in [0.2, 0.25) is 0 Å². The van der Waals surface area contributed by atoms with Gasteiger partial charge in [0.1, 0.15) is 23.7 Å². The van der Waals surface area contributed by atoms with Gasteiger partial charge in [-0.15, -0.1) is 4.40 Å². The molecule has 1 aliphatic heterocycles. The Hall–Kier alpha value is -2.32. The van der Waals surface area contributed by atoms with Gasteiger partial charge in [0, 0.05) is 11.1 Å². The van der Waals surface area contributed by atoms with E-state index in [9.17, 15) is 8.42 Å². The van der Waals surface area contributed by atoms with Crippen molar-refractivity contribution in [3.05, 3.63) is 65.7 Å². The summed E-state index contributed by atoms with van der Waals surface area (Å²) in [6.07, 6.45) is 0. The molecule has 0 spiro atoms. The van der Waals surface area contributed by atoms with E-state index in [1.165, 1.54) is 7.11 Å². The van der Waals surface area contributed by atoms with Crippen LogP contribution in [0.25, 0.3) is 0 Å². The van der Waals surface area contributed by atoms with E-state index >= 15 is 0 Å². The molecule has 3 rings (SSSR count). The number of oxime groups is 1. The lowest BCUT2D eigenvalue weighted by Gasteiger charge is -2.09. The van der Waals surface area contributed by atoms with Crippen molar-refractivity contribution < 1.29 is 18.0 Å². The highest BCUT2D eigenvalue weighted by atomic mass is 32.3. The van der Waals surface area contributed by atoms with E-state index < -0.39 is 10.0 Å². The van der Waals surface area contributed by atoms with Crippen LogP contribution in [0, 0.1) is 0 Å². The normalized spacial score (nSPS) is 16.5. The molecule has 0 amide bonds. The molecular weight excluding hydrogens is 348 g/mol. The zero-order valence-electron chi connectivity index (χ0n) is 12.7. The van der Waals surface area contributed by atoms with Crippen LogP contribution in [0.1, 0.15) is 11.1 Å². The van der Waals surface area contributed by atoms with Crippen LogP contribution in [0.4, 0.5) is 0 Å². The van der Waals surface area contributed by atoms with Gasteiger partial charge in [0.25, 0.3) is 15.3 Å². The van der Waals surface area contributed by atoms with Crippen LogP contribution in [0.3, 0.4) is 0 Å². The lowest BCUT2D eigenvalue weighted by atomic mass is 10.0. The van der Waals surface area contributed by atoms with Gasteiger partial charge in [-0.3, -0.25) is 0 Å². The summed E-state index contributed by atoms with van der Waals surface area (Å²) in [6.45, 7) is 0.